The van der Waals surface area contributed by atoms with Crippen molar-refractivity contribution < 1.29 is 5.11 Å². The van der Waals surface area contributed by atoms with Gasteiger partial charge in [-0.3, -0.25) is 0 Å². The number of nitrogens with two attached hydrogens (primary N) is 1. The molecule has 5 heteroatoms. The normalized spacial score (nSPS) is 12.2. The minimum Gasteiger partial charge on any atom is -0.387 e. The number of nitrogens with zero attached hydrogens (tertiary/aromatic N) is 2. The van der Waals surface area contributed by atoms with E-state index in [2.05, 4.69) is 15.3 Å². The third kappa shape index (κ3) is 2.93. The molecule has 0 aliphatic rings. The third-order valence-electron chi connectivity index (χ3n) is 3.27. The van der Waals surface area contributed by atoms with Crippen LogP contribution in [-0.4, -0.2) is 21.6 Å². The molecule has 0 amide bonds. The van der Waals surface area contributed by atoms with Crippen molar-refractivity contribution in [1.82, 2.24) is 9.97 Å². The number of fused-ring (bicyclic) bond motifs is 1. The Morgan fingerprint density at radius 1 is 1.00 bits per heavy atom. The Kier molecular flexibility index (Phi) is 3.66. The van der Waals surface area contributed by atoms with Crippen LogP contribution in [0.5, 0.6) is 0 Å². The number of aromatic nitrogens is 2. The van der Waals surface area contributed by atoms with Gasteiger partial charge in [-0.15, -0.1) is 0 Å². The van der Waals surface area contributed by atoms with Gasteiger partial charge in [-0.05, 0) is 17.7 Å². The topological polar surface area (TPSA) is 84.1 Å². The summed E-state index contributed by atoms with van der Waals surface area (Å²) in [4.78, 5) is 8.40. The number of hydrogen-bond acceptors (Lipinski definition) is 5. The van der Waals surface area contributed by atoms with E-state index >= 15 is 0 Å². The third-order valence-corrected chi connectivity index (χ3v) is 3.27. The van der Waals surface area contributed by atoms with Crippen molar-refractivity contribution in [2.75, 3.05) is 17.6 Å². The van der Waals surface area contributed by atoms with Crippen molar-refractivity contribution in [2.45, 2.75) is 6.10 Å². The lowest BCUT2D eigenvalue weighted by atomic mass is 10.1. The fourth-order valence-corrected chi connectivity index (χ4v) is 2.22. The van der Waals surface area contributed by atoms with Gasteiger partial charge in [0.15, 0.2) is 0 Å². The number of nitrogens with one attached hydrogen (secondary N) is 1. The lowest BCUT2D eigenvalue weighted by Gasteiger charge is -2.14. The maximum absolute atomic E-state index is 10.2. The molecular weight excluding hydrogens is 264 g/mol. The van der Waals surface area contributed by atoms with E-state index in [1.165, 1.54) is 0 Å². The van der Waals surface area contributed by atoms with Gasteiger partial charge in [-0.1, -0.05) is 42.5 Å². The van der Waals surface area contributed by atoms with Crippen molar-refractivity contribution in [3.8, 4) is 0 Å². The summed E-state index contributed by atoms with van der Waals surface area (Å²) < 4.78 is 0. The number of aliphatic hydroxyl groups excluding tert-OH is 1. The van der Waals surface area contributed by atoms with Crippen molar-refractivity contribution in [2.24, 2.45) is 0 Å². The van der Waals surface area contributed by atoms with Gasteiger partial charge in [0.25, 0.3) is 0 Å². The molecule has 1 unspecified atom stereocenters. The molecule has 2 aromatic carbocycles. The van der Waals surface area contributed by atoms with Gasteiger partial charge in [0.1, 0.15) is 5.82 Å². The molecule has 3 aromatic rings. The van der Waals surface area contributed by atoms with Crippen LogP contribution in [0.4, 0.5) is 11.8 Å². The van der Waals surface area contributed by atoms with Crippen molar-refractivity contribution in [1.29, 1.82) is 0 Å². The first-order valence-corrected chi connectivity index (χ1v) is 6.73. The lowest BCUT2D eigenvalue weighted by molar-refractivity contribution is 0.191. The molecule has 0 fully saturated rings. The standard InChI is InChI=1S/C16H16N4O/c17-16-19-13-9-5-4-8-12(13)15(20-16)18-10-14(21)11-6-2-1-3-7-11/h1-9,14,21H,10H2,(H3,17,18,19,20). The quantitative estimate of drug-likeness (QED) is 0.683. The largest absolute Gasteiger partial charge is 0.387 e. The maximum Gasteiger partial charge on any atom is 0.222 e. The predicted molar refractivity (Wildman–Crippen MR) is 83.8 cm³/mol. The fraction of sp³-hybridized carbons (Fsp3) is 0.125. The number of para-hydroxylation sites is 1. The highest BCUT2D eigenvalue weighted by Gasteiger charge is 2.09. The summed E-state index contributed by atoms with van der Waals surface area (Å²) >= 11 is 0. The van der Waals surface area contributed by atoms with Crippen LogP contribution < -0.4 is 11.1 Å². The fourth-order valence-electron chi connectivity index (χ4n) is 2.22. The number of anilines is 2. The summed E-state index contributed by atoms with van der Waals surface area (Å²) in [7, 11) is 0. The molecule has 0 spiro atoms. The zero-order valence-corrected chi connectivity index (χ0v) is 11.4. The number of benzene rings is 2. The molecule has 4 N–H and O–H groups in total. The molecule has 106 valence electrons. The Morgan fingerprint density at radius 2 is 1.71 bits per heavy atom. The zero-order valence-electron chi connectivity index (χ0n) is 11.4. The van der Waals surface area contributed by atoms with Gasteiger partial charge >= 0.3 is 0 Å². The SMILES string of the molecule is Nc1nc(NCC(O)c2ccccc2)c2ccccc2n1. The van der Waals surface area contributed by atoms with E-state index < -0.39 is 6.10 Å². The van der Waals surface area contributed by atoms with Gasteiger partial charge < -0.3 is 16.2 Å². The second kappa shape index (κ2) is 5.76. The van der Waals surface area contributed by atoms with Crippen LogP contribution >= 0.6 is 0 Å². The molecule has 1 atom stereocenters. The van der Waals surface area contributed by atoms with Crippen LogP contribution in [0.15, 0.2) is 54.6 Å². The monoisotopic (exact) mass is 280 g/mol. The van der Waals surface area contributed by atoms with Crippen LogP contribution in [0.2, 0.25) is 0 Å². The molecular formula is C16H16N4O. The summed E-state index contributed by atoms with van der Waals surface area (Å²) in [6, 6.07) is 17.1. The van der Waals surface area contributed by atoms with Crippen LogP contribution in [0.1, 0.15) is 11.7 Å². The molecule has 21 heavy (non-hydrogen) atoms. The average molecular weight is 280 g/mol. The Morgan fingerprint density at radius 3 is 2.52 bits per heavy atom. The Labute approximate surface area is 122 Å². The highest BCUT2D eigenvalue weighted by molar-refractivity contribution is 5.89. The van der Waals surface area contributed by atoms with Gasteiger partial charge in [0.2, 0.25) is 5.95 Å². The van der Waals surface area contributed by atoms with Crippen LogP contribution in [-0.2, 0) is 0 Å². The van der Waals surface area contributed by atoms with E-state index in [9.17, 15) is 5.11 Å². The lowest BCUT2D eigenvalue weighted by Crippen LogP contribution is -2.14. The van der Waals surface area contributed by atoms with Crippen molar-refractivity contribution in [3.63, 3.8) is 0 Å². The van der Waals surface area contributed by atoms with E-state index in [-0.39, 0.29) is 5.95 Å². The summed E-state index contributed by atoms with van der Waals surface area (Å²) in [6.07, 6.45) is -0.610. The van der Waals surface area contributed by atoms with Crippen LogP contribution in [0.3, 0.4) is 0 Å². The predicted octanol–water partition coefficient (Wildman–Crippen LogP) is 2.36. The van der Waals surface area contributed by atoms with Gasteiger partial charge in [-0.25, -0.2) is 4.98 Å². The van der Waals surface area contributed by atoms with Crippen molar-refractivity contribution >= 4 is 22.7 Å². The summed E-state index contributed by atoms with van der Waals surface area (Å²) in [6.45, 7) is 0.352. The van der Waals surface area contributed by atoms with E-state index in [4.69, 9.17) is 5.73 Å². The Hall–Kier alpha value is -2.66. The first kappa shape index (κ1) is 13.3. The molecule has 0 saturated carbocycles. The molecule has 1 heterocycles. The number of aliphatic hydroxyl groups is 1. The van der Waals surface area contributed by atoms with Gasteiger partial charge in [0, 0.05) is 11.9 Å². The zero-order chi connectivity index (χ0) is 14.7. The molecule has 0 saturated heterocycles. The summed E-state index contributed by atoms with van der Waals surface area (Å²) in [5.41, 5.74) is 7.35. The van der Waals surface area contributed by atoms with Crippen molar-refractivity contribution in [3.05, 3.63) is 60.2 Å². The van der Waals surface area contributed by atoms with E-state index in [0.717, 1.165) is 16.5 Å². The number of hydrogen-bond donors (Lipinski definition) is 3. The minimum atomic E-state index is -0.610. The second-order valence-corrected chi connectivity index (χ2v) is 4.75. The van der Waals surface area contributed by atoms with Crippen LogP contribution in [0, 0.1) is 0 Å². The first-order valence-electron chi connectivity index (χ1n) is 6.73. The first-order chi connectivity index (χ1) is 10.2. The summed E-state index contributed by atoms with van der Waals surface area (Å²) in [5.74, 6) is 0.846. The molecule has 5 nitrogen and oxygen atoms in total. The molecule has 0 bridgehead atoms. The second-order valence-electron chi connectivity index (χ2n) is 4.75. The van der Waals surface area contributed by atoms with E-state index in [1.54, 1.807) is 0 Å². The highest BCUT2D eigenvalue weighted by Crippen LogP contribution is 2.22. The van der Waals surface area contributed by atoms with E-state index in [1.807, 2.05) is 54.6 Å². The number of nitrogen functional groups attached to an aromatic ring is 1. The number of rotatable bonds is 4. The maximum atomic E-state index is 10.2. The molecule has 0 aliphatic heterocycles. The van der Waals surface area contributed by atoms with Gasteiger partial charge in [0.05, 0.1) is 11.6 Å². The Balaban J connectivity index is 1.82. The smallest absolute Gasteiger partial charge is 0.222 e. The average Bonchev–Trinajstić information content (AvgIpc) is 2.53. The molecule has 0 radical (unpaired) electrons. The minimum absolute atomic E-state index is 0.213. The van der Waals surface area contributed by atoms with Crippen LogP contribution in [0.25, 0.3) is 10.9 Å². The van der Waals surface area contributed by atoms with Gasteiger partial charge in [-0.2, -0.15) is 4.98 Å². The highest BCUT2D eigenvalue weighted by atomic mass is 16.3. The molecule has 0 aliphatic carbocycles. The summed E-state index contributed by atoms with van der Waals surface area (Å²) in [5, 5.41) is 14.2. The van der Waals surface area contributed by atoms with E-state index in [0.29, 0.717) is 12.4 Å². The Bertz CT molecular complexity index is 746. The molecule has 3 rings (SSSR count). The molecule has 1 aromatic heterocycles.